The number of hydrogen-bond donors (Lipinski definition) is 0. The van der Waals surface area contributed by atoms with Crippen LogP contribution < -0.4 is 0 Å². The van der Waals surface area contributed by atoms with Gasteiger partial charge in [0.25, 0.3) is 0 Å². The maximum atomic E-state index is 9.47. The molecule has 0 unspecified atom stereocenters. The second-order valence-corrected chi connectivity index (χ2v) is 6.11. The monoisotopic (exact) mass is 297 g/mol. The Morgan fingerprint density at radius 3 is 2.09 bits per heavy atom. The molecule has 0 bridgehead atoms. The van der Waals surface area contributed by atoms with Gasteiger partial charge < -0.3 is 0 Å². The molecule has 0 amide bonds. The summed E-state index contributed by atoms with van der Waals surface area (Å²) in [4.78, 5) is 3.52. The highest BCUT2D eigenvalue weighted by molar-refractivity contribution is 5.42. The molecule has 2 aromatic rings. The Morgan fingerprint density at radius 1 is 1.14 bits per heavy atom. The Balaban J connectivity index is 2.78. The van der Waals surface area contributed by atoms with Gasteiger partial charge in [0, 0.05) is 0 Å². The standard InChI is InChI=1S/C17H19N5/c1-16(2,9-18)14-5-13(8-22-12-20-11-21-22)6-15(7-14)17(3,4)10-19/h5-7,11-12H,8H2,1-4H3/i8D2,11D,12D. The number of nitriles is 2. The van der Waals surface area contributed by atoms with Gasteiger partial charge in [-0.2, -0.15) is 15.6 Å². The molecule has 5 heteroatoms. The summed E-state index contributed by atoms with van der Waals surface area (Å²) in [6.45, 7) is 4.55. The topological polar surface area (TPSA) is 78.3 Å². The Kier molecular flexibility index (Phi) is 2.80. The molecule has 0 aliphatic carbocycles. The number of aromatic nitrogens is 3. The molecular formula is C17H19N5. The second kappa shape index (κ2) is 5.61. The largest absolute Gasteiger partial charge is 0.249 e. The van der Waals surface area contributed by atoms with Gasteiger partial charge >= 0.3 is 0 Å². The lowest BCUT2D eigenvalue weighted by Gasteiger charge is -2.23. The average Bonchev–Trinajstić information content (AvgIpc) is 2.93. The van der Waals surface area contributed by atoms with Crippen molar-refractivity contribution >= 4 is 0 Å². The van der Waals surface area contributed by atoms with Crippen molar-refractivity contribution in [2.75, 3.05) is 0 Å². The molecule has 2 rings (SSSR count). The maximum Gasteiger partial charge on any atom is 0.137 e. The molecule has 0 aliphatic rings. The maximum absolute atomic E-state index is 9.47. The first-order valence-corrected chi connectivity index (χ1v) is 6.75. The van der Waals surface area contributed by atoms with Gasteiger partial charge in [0.15, 0.2) is 0 Å². The minimum atomic E-state index is -2.27. The van der Waals surface area contributed by atoms with E-state index in [1.807, 2.05) is 0 Å². The van der Waals surface area contributed by atoms with Crippen LogP contribution in [0.25, 0.3) is 0 Å². The fourth-order valence-corrected chi connectivity index (χ4v) is 1.87. The zero-order valence-electron chi connectivity index (χ0n) is 17.0. The average molecular weight is 297 g/mol. The number of hydrogen-bond acceptors (Lipinski definition) is 4. The van der Waals surface area contributed by atoms with Crippen molar-refractivity contribution in [3.05, 3.63) is 47.5 Å². The Bertz CT molecular complexity index is 887. The van der Waals surface area contributed by atoms with Crippen LogP contribution >= 0.6 is 0 Å². The van der Waals surface area contributed by atoms with E-state index in [2.05, 4.69) is 22.2 Å². The van der Waals surface area contributed by atoms with Crippen LogP contribution in [0.4, 0.5) is 0 Å². The van der Waals surface area contributed by atoms with E-state index in [1.165, 1.54) is 12.1 Å². The van der Waals surface area contributed by atoms with E-state index in [9.17, 15) is 10.5 Å². The molecule has 1 aromatic heterocycles. The highest BCUT2D eigenvalue weighted by Crippen LogP contribution is 2.30. The zero-order chi connectivity index (χ0) is 19.9. The third-order valence-electron chi connectivity index (χ3n) is 3.51. The molecule has 0 aliphatic heterocycles. The number of nitrogens with zero attached hydrogens (tertiary/aromatic N) is 5. The molecule has 0 fully saturated rings. The molecule has 112 valence electrons. The van der Waals surface area contributed by atoms with E-state index in [4.69, 9.17) is 5.48 Å². The van der Waals surface area contributed by atoms with Crippen molar-refractivity contribution < 1.29 is 5.48 Å². The summed E-state index contributed by atoms with van der Waals surface area (Å²) in [5.41, 5.74) is -0.567. The lowest BCUT2D eigenvalue weighted by atomic mass is 9.79. The van der Waals surface area contributed by atoms with E-state index in [0.29, 0.717) is 11.1 Å². The first-order valence-electron chi connectivity index (χ1n) is 8.75. The van der Waals surface area contributed by atoms with E-state index < -0.39 is 29.9 Å². The van der Waals surface area contributed by atoms with Gasteiger partial charge in [-0.15, -0.1) is 0 Å². The van der Waals surface area contributed by atoms with Gasteiger partial charge in [0.2, 0.25) is 0 Å². The van der Waals surface area contributed by atoms with Crippen molar-refractivity contribution in [2.45, 2.75) is 45.0 Å². The van der Waals surface area contributed by atoms with Gasteiger partial charge in [0.05, 0.1) is 32.2 Å². The van der Waals surface area contributed by atoms with E-state index >= 15 is 0 Å². The Labute approximate surface area is 136 Å². The molecule has 0 saturated heterocycles. The van der Waals surface area contributed by atoms with Crippen molar-refractivity contribution in [1.29, 1.82) is 10.5 Å². The van der Waals surface area contributed by atoms with Gasteiger partial charge in [-0.05, 0) is 44.4 Å². The van der Waals surface area contributed by atoms with Crippen molar-refractivity contribution in [3.63, 3.8) is 0 Å². The summed E-state index contributed by atoms with van der Waals surface area (Å²) in [5.74, 6) is 0. The van der Waals surface area contributed by atoms with Crippen LogP contribution in [0.3, 0.4) is 0 Å². The molecule has 0 saturated carbocycles. The third-order valence-corrected chi connectivity index (χ3v) is 3.51. The molecule has 22 heavy (non-hydrogen) atoms. The van der Waals surface area contributed by atoms with Gasteiger partial charge in [-0.1, -0.05) is 18.2 Å². The molecule has 0 spiro atoms. The number of rotatable bonds is 4. The highest BCUT2D eigenvalue weighted by Gasteiger charge is 2.26. The van der Waals surface area contributed by atoms with Crippen LogP contribution in [-0.4, -0.2) is 14.8 Å². The summed E-state index contributed by atoms with van der Waals surface area (Å²) in [7, 11) is 0. The fourth-order valence-electron chi connectivity index (χ4n) is 1.87. The minimum Gasteiger partial charge on any atom is -0.249 e. The van der Waals surface area contributed by atoms with Crippen LogP contribution in [-0.2, 0) is 17.3 Å². The summed E-state index contributed by atoms with van der Waals surface area (Å²) < 4.78 is 32.8. The zero-order valence-corrected chi connectivity index (χ0v) is 13.0. The number of benzene rings is 1. The smallest absolute Gasteiger partial charge is 0.137 e. The molecular weight excluding hydrogens is 274 g/mol. The van der Waals surface area contributed by atoms with Crippen molar-refractivity contribution in [3.8, 4) is 12.1 Å². The van der Waals surface area contributed by atoms with E-state index in [-0.39, 0.29) is 5.56 Å². The lowest BCUT2D eigenvalue weighted by molar-refractivity contribution is 0.646. The first kappa shape index (κ1) is 11.0. The predicted molar refractivity (Wildman–Crippen MR) is 82.8 cm³/mol. The van der Waals surface area contributed by atoms with Gasteiger partial charge in [-0.3, -0.25) is 0 Å². The highest BCUT2D eigenvalue weighted by atomic mass is 15.3. The van der Waals surface area contributed by atoms with Crippen molar-refractivity contribution in [2.24, 2.45) is 0 Å². The van der Waals surface area contributed by atoms with Crippen LogP contribution in [0, 0.1) is 22.7 Å². The summed E-state index contributed by atoms with van der Waals surface area (Å²) in [5, 5.41) is 22.6. The minimum absolute atomic E-state index is 0.134. The lowest BCUT2D eigenvalue weighted by Crippen LogP contribution is -2.20. The third kappa shape index (κ3) is 3.15. The summed E-state index contributed by atoms with van der Waals surface area (Å²) >= 11 is 0. The molecule has 1 aromatic carbocycles. The van der Waals surface area contributed by atoms with Gasteiger partial charge in [-0.25, -0.2) is 9.67 Å². The first-order chi connectivity index (χ1) is 11.8. The van der Waals surface area contributed by atoms with Crippen molar-refractivity contribution in [1.82, 2.24) is 14.8 Å². The van der Waals surface area contributed by atoms with Gasteiger partial charge in [0.1, 0.15) is 15.3 Å². The quantitative estimate of drug-likeness (QED) is 0.869. The Morgan fingerprint density at radius 2 is 1.68 bits per heavy atom. The van der Waals surface area contributed by atoms with Crippen LogP contribution in [0.5, 0.6) is 0 Å². The molecule has 0 atom stereocenters. The molecule has 0 radical (unpaired) electrons. The van der Waals surface area contributed by atoms with Crippen LogP contribution in [0.15, 0.2) is 30.8 Å². The van der Waals surface area contributed by atoms with Crippen LogP contribution in [0.2, 0.25) is 0 Å². The van der Waals surface area contributed by atoms with Crippen LogP contribution in [0.1, 0.15) is 49.9 Å². The SMILES string of the molecule is [2H]c1nc([2H])n(C([2H])([2H])c2cc(C(C)(C)C#N)cc(C(C)(C)C#N)c2)n1. The summed E-state index contributed by atoms with van der Waals surface area (Å²) in [6, 6.07) is 9.15. The molecule has 1 heterocycles. The Hall–Kier alpha value is -2.66. The molecule has 0 N–H and O–H groups in total. The normalized spacial score (nSPS) is 15.0. The second-order valence-electron chi connectivity index (χ2n) is 6.11. The molecule has 5 nitrogen and oxygen atoms in total. The fraction of sp³-hybridized carbons (Fsp3) is 0.412. The van der Waals surface area contributed by atoms with E-state index in [0.717, 1.165) is 4.68 Å². The predicted octanol–water partition coefficient (Wildman–Crippen LogP) is 2.93. The van der Waals surface area contributed by atoms with E-state index in [1.54, 1.807) is 33.8 Å². The summed E-state index contributed by atoms with van der Waals surface area (Å²) in [6.07, 6.45) is -0.934.